The lowest BCUT2D eigenvalue weighted by molar-refractivity contribution is -0.161. The van der Waals surface area contributed by atoms with Crippen molar-refractivity contribution in [2.45, 2.75) is 424 Å². The van der Waals surface area contributed by atoms with Crippen molar-refractivity contribution < 1.29 is 75.8 Å². The molecule has 0 aliphatic rings. The summed E-state index contributed by atoms with van der Waals surface area (Å²) in [4.78, 5) is 59.1. The molecule has 0 amide bonds. The first-order valence-electron chi connectivity index (χ1n) is 49.1. The van der Waals surface area contributed by atoms with E-state index < -0.39 is 91.5 Å². The summed E-state index contributed by atoms with van der Waals surface area (Å²) in [6.07, 6.45) is 126. The fraction of sp³-hybridized carbons (Fsp3) is 0.686. The molecule has 0 aliphatic heterocycles. The van der Waals surface area contributed by atoms with Gasteiger partial charge < -0.3 is 34.2 Å². The quantitative estimate of drug-likeness (QED) is 0.0146. The Morgan fingerprint density at radius 3 is 0.683 bits per heavy atom. The van der Waals surface area contributed by atoms with Crippen molar-refractivity contribution in [3.05, 3.63) is 182 Å². The zero-order valence-corrected chi connectivity index (χ0v) is 79.6. The molecule has 0 aliphatic carbocycles. The molecule has 0 radical (unpaired) electrons. The first-order valence-corrected chi connectivity index (χ1v) is 52.1. The van der Waals surface area contributed by atoms with Gasteiger partial charge in [-0.05, 0) is 161 Å². The maximum atomic E-state index is 13.1. The zero-order chi connectivity index (χ0) is 89.3. The largest absolute Gasteiger partial charge is 0.472 e. The van der Waals surface area contributed by atoms with Crippen LogP contribution in [0, 0.1) is 0 Å². The summed E-state index contributed by atoms with van der Waals surface area (Å²) < 4.78 is 61.6. The Morgan fingerprint density at radius 1 is 0.236 bits per heavy atom. The number of aliphatic hydroxyl groups is 2. The molecular formula is C105H178O16P2. The summed E-state index contributed by atoms with van der Waals surface area (Å²) in [5.74, 6) is -1.57. The number of ether oxygens (including phenoxy) is 3. The van der Waals surface area contributed by atoms with Crippen LogP contribution in [0.25, 0.3) is 0 Å². The van der Waals surface area contributed by atoms with Crippen LogP contribution in [0.1, 0.15) is 406 Å². The SMILES string of the molecule is CC/C=C\C/C=C\C/C=C\C/C=C\C/C=C\C/C=C\CCCCCCCCCCCCCCCCC(=O)OCC(O)COP(=O)(O)OCC(O)COP(=O)(O)OCC(COC(=O)CCCCCCCCCCCCCCC/C=C\C/C=C\C/C=C\C/C=C\C/C=C\CC)OC(=O)CCCCCCCCCCC/C=C\C/C=C\C/C=C\C/C=C\CCCCC. The molecule has 0 fully saturated rings. The number of aliphatic hydroxyl groups excluding tert-OH is 2. The molecule has 0 heterocycles. The molecule has 0 aromatic heterocycles. The number of hydrogen-bond donors (Lipinski definition) is 4. The first kappa shape index (κ1) is 118. The van der Waals surface area contributed by atoms with Crippen molar-refractivity contribution in [2.75, 3.05) is 39.6 Å². The van der Waals surface area contributed by atoms with Crippen molar-refractivity contribution in [2.24, 2.45) is 0 Å². The second-order valence-electron chi connectivity index (χ2n) is 32.5. The number of hydrogen-bond acceptors (Lipinski definition) is 14. The molecule has 4 N–H and O–H groups in total. The van der Waals surface area contributed by atoms with Crippen LogP contribution >= 0.6 is 15.6 Å². The number of allylic oxidation sites excluding steroid dienone is 30. The van der Waals surface area contributed by atoms with Crippen molar-refractivity contribution in [3.63, 3.8) is 0 Å². The number of unbranched alkanes of at least 4 members (excludes halogenated alkanes) is 39. The maximum absolute atomic E-state index is 13.1. The Morgan fingerprint density at radius 2 is 0.431 bits per heavy atom. The molecule has 5 atom stereocenters. The van der Waals surface area contributed by atoms with E-state index in [9.17, 15) is 43.5 Å². The summed E-state index contributed by atoms with van der Waals surface area (Å²) in [6.45, 7) is 2.47. The van der Waals surface area contributed by atoms with Crippen LogP contribution in [0.3, 0.4) is 0 Å². The zero-order valence-electron chi connectivity index (χ0n) is 77.8. The van der Waals surface area contributed by atoms with E-state index in [2.05, 4.69) is 203 Å². The number of carbonyl (C=O) groups excluding carboxylic acids is 3. The molecule has 0 rings (SSSR count). The predicted octanol–water partition coefficient (Wildman–Crippen LogP) is 30.8. The predicted molar refractivity (Wildman–Crippen MR) is 518 cm³/mol. The molecule has 704 valence electrons. The Labute approximate surface area is 751 Å². The molecule has 123 heavy (non-hydrogen) atoms. The van der Waals surface area contributed by atoms with Crippen molar-refractivity contribution in [3.8, 4) is 0 Å². The summed E-state index contributed by atoms with van der Waals surface area (Å²) in [5.41, 5.74) is 0. The maximum Gasteiger partial charge on any atom is 0.472 e. The van der Waals surface area contributed by atoms with Crippen molar-refractivity contribution in [1.82, 2.24) is 0 Å². The van der Waals surface area contributed by atoms with Gasteiger partial charge >= 0.3 is 33.6 Å². The summed E-state index contributed by atoms with van der Waals surface area (Å²) >= 11 is 0. The number of rotatable bonds is 92. The van der Waals surface area contributed by atoms with Gasteiger partial charge in [0.2, 0.25) is 0 Å². The fourth-order valence-electron chi connectivity index (χ4n) is 13.2. The Balaban J connectivity index is 4.61. The standard InChI is InChI=1S/C105H178O16P2/c1-4-7-10-13-16-19-22-25-28-31-34-37-40-43-45-47-48-49-50-52-54-56-58-61-64-67-70-73-76-79-82-85-88-91-103(108)115-94-100(106)95-117-122(111,112)118-96-101(107)97-119-123(113,114)120-99-102(121-105(110)93-90-87-84-81-78-75-72-69-66-63-60-55-42-39-36-33-30-27-24-21-18-15-12-9-6-3)98-116-104(109)92-89-86-83-80-77-74-71-68-65-62-59-57-53-51-46-44-41-38-35-32-29-26-23-20-17-14-11-8-5-2/h7-8,10-11,16-21,25-30,34-39,43-46,48-49,55,60,100-102,106-107H,4-6,9,12-15,22-24,31-33,40-42,47,50-54,56-59,61-99H2,1-3H3,(H,111,112)(H,113,114)/b10-7-,11-8-,19-16-,20-17-,21-18-,28-25-,29-26-,30-27-,37-34-,38-35-,39-36-,45-43-,46-44-,49-48-,60-55-. The van der Waals surface area contributed by atoms with E-state index >= 15 is 0 Å². The van der Waals surface area contributed by atoms with Crippen molar-refractivity contribution in [1.29, 1.82) is 0 Å². The van der Waals surface area contributed by atoms with Gasteiger partial charge in [-0.15, -0.1) is 0 Å². The average Bonchev–Trinajstić information content (AvgIpc) is 0.892. The van der Waals surface area contributed by atoms with E-state index in [0.29, 0.717) is 19.3 Å². The van der Waals surface area contributed by atoms with E-state index in [0.717, 1.165) is 180 Å². The van der Waals surface area contributed by atoms with Gasteiger partial charge in [-0.3, -0.25) is 32.5 Å². The monoisotopic (exact) mass is 1760 g/mol. The van der Waals surface area contributed by atoms with Crippen LogP contribution in [0.5, 0.6) is 0 Å². The second kappa shape index (κ2) is 95.7. The molecule has 16 nitrogen and oxygen atoms in total. The molecule has 0 saturated heterocycles. The van der Waals surface area contributed by atoms with E-state index in [4.69, 9.17) is 32.3 Å². The van der Waals surface area contributed by atoms with E-state index in [1.807, 2.05) is 0 Å². The van der Waals surface area contributed by atoms with Crippen LogP contribution < -0.4 is 0 Å². The highest BCUT2D eigenvalue weighted by Crippen LogP contribution is 2.45. The van der Waals surface area contributed by atoms with E-state index in [1.165, 1.54) is 167 Å². The normalized spacial score (nSPS) is 14.5. The molecule has 0 aromatic rings. The van der Waals surface area contributed by atoms with Crippen LogP contribution in [-0.2, 0) is 55.8 Å². The minimum absolute atomic E-state index is 0.0935. The number of esters is 3. The molecule has 5 unspecified atom stereocenters. The van der Waals surface area contributed by atoms with Gasteiger partial charge in [0.25, 0.3) is 0 Å². The van der Waals surface area contributed by atoms with Crippen LogP contribution in [0.2, 0.25) is 0 Å². The third-order valence-corrected chi connectivity index (χ3v) is 22.5. The lowest BCUT2D eigenvalue weighted by Crippen LogP contribution is -2.30. The van der Waals surface area contributed by atoms with Gasteiger partial charge in [0.15, 0.2) is 6.10 Å². The first-order chi connectivity index (χ1) is 60.2. The van der Waals surface area contributed by atoms with Crippen molar-refractivity contribution >= 4 is 33.6 Å². The lowest BCUT2D eigenvalue weighted by Gasteiger charge is -2.21. The van der Waals surface area contributed by atoms with E-state index in [1.54, 1.807) is 0 Å². The van der Waals surface area contributed by atoms with Crippen LogP contribution in [-0.4, -0.2) is 95.9 Å². The van der Waals surface area contributed by atoms with Gasteiger partial charge in [0, 0.05) is 19.3 Å². The van der Waals surface area contributed by atoms with Gasteiger partial charge in [0.05, 0.1) is 26.4 Å². The number of phosphoric ester groups is 2. The molecule has 18 heteroatoms. The third-order valence-electron chi connectivity index (χ3n) is 20.6. The highest BCUT2D eigenvalue weighted by Gasteiger charge is 2.30. The van der Waals surface area contributed by atoms with Crippen LogP contribution in [0.15, 0.2) is 182 Å². The molecule has 0 spiro atoms. The van der Waals surface area contributed by atoms with Gasteiger partial charge in [-0.25, -0.2) is 9.13 Å². The summed E-state index contributed by atoms with van der Waals surface area (Å²) in [6, 6.07) is 0. The van der Waals surface area contributed by atoms with Gasteiger partial charge in [-0.1, -0.05) is 409 Å². The van der Waals surface area contributed by atoms with E-state index in [-0.39, 0.29) is 19.3 Å². The highest BCUT2D eigenvalue weighted by molar-refractivity contribution is 7.47. The second-order valence-corrected chi connectivity index (χ2v) is 35.4. The number of phosphoric acid groups is 2. The molecular weight excluding hydrogens is 1580 g/mol. The lowest BCUT2D eigenvalue weighted by atomic mass is 10.0. The topological polar surface area (TPSA) is 231 Å². The Kier molecular flexibility index (Phi) is 91.6. The third kappa shape index (κ3) is 97.1. The summed E-state index contributed by atoms with van der Waals surface area (Å²) in [5, 5.41) is 20.8. The number of carbonyl (C=O) groups is 3. The average molecular weight is 1760 g/mol. The minimum Gasteiger partial charge on any atom is -0.463 e. The highest BCUT2D eigenvalue weighted by atomic mass is 31.2. The Bertz CT molecular complexity index is 2970. The molecule has 0 saturated carbocycles. The van der Waals surface area contributed by atoms with Gasteiger partial charge in [-0.2, -0.15) is 0 Å². The Hall–Kier alpha value is -5.35. The smallest absolute Gasteiger partial charge is 0.463 e. The summed E-state index contributed by atoms with van der Waals surface area (Å²) in [7, 11) is -9.82. The molecule has 0 bridgehead atoms. The van der Waals surface area contributed by atoms with Crippen LogP contribution in [0.4, 0.5) is 0 Å². The van der Waals surface area contributed by atoms with Gasteiger partial charge in [0.1, 0.15) is 25.4 Å². The minimum atomic E-state index is -4.95. The fourth-order valence-corrected chi connectivity index (χ4v) is 14.8. The molecule has 0 aromatic carbocycles.